The van der Waals surface area contributed by atoms with Crippen LogP contribution < -0.4 is 11.1 Å². The third-order valence-electron chi connectivity index (χ3n) is 3.11. The summed E-state index contributed by atoms with van der Waals surface area (Å²) in [7, 11) is 0. The second-order valence-corrected chi connectivity index (χ2v) is 5.49. The summed E-state index contributed by atoms with van der Waals surface area (Å²) < 4.78 is 0. The first-order chi connectivity index (χ1) is 6.79. The monoisotopic (exact) mass is 214 g/mol. The Balaban J connectivity index is 3.90. The Morgan fingerprint density at radius 1 is 1.33 bits per heavy atom. The zero-order valence-corrected chi connectivity index (χ0v) is 10.8. The van der Waals surface area contributed by atoms with Crippen molar-refractivity contribution in [3.05, 3.63) is 0 Å². The first-order valence-corrected chi connectivity index (χ1v) is 5.76. The summed E-state index contributed by atoms with van der Waals surface area (Å²) in [5.74, 6) is 0.630. The maximum Gasteiger partial charge on any atom is 0.222 e. The number of nitrogens with two attached hydrogens (primary N) is 1. The third kappa shape index (κ3) is 5.78. The van der Waals surface area contributed by atoms with Crippen molar-refractivity contribution >= 4 is 5.91 Å². The van der Waals surface area contributed by atoms with Gasteiger partial charge in [-0.05, 0) is 24.3 Å². The van der Waals surface area contributed by atoms with E-state index in [0.29, 0.717) is 12.5 Å². The summed E-state index contributed by atoms with van der Waals surface area (Å²) in [5.41, 5.74) is 5.65. The molecule has 90 valence electrons. The van der Waals surface area contributed by atoms with E-state index in [1.54, 1.807) is 0 Å². The van der Waals surface area contributed by atoms with Crippen LogP contribution in [-0.2, 0) is 4.79 Å². The van der Waals surface area contributed by atoms with Gasteiger partial charge < -0.3 is 11.1 Å². The van der Waals surface area contributed by atoms with Gasteiger partial charge in [-0.25, -0.2) is 0 Å². The Kier molecular flexibility index (Phi) is 5.88. The lowest BCUT2D eigenvalue weighted by molar-refractivity contribution is -0.124. The minimum Gasteiger partial charge on any atom is -0.356 e. The summed E-state index contributed by atoms with van der Waals surface area (Å²) in [6, 6.07) is 0. The van der Waals surface area contributed by atoms with Crippen molar-refractivity contribution < 1.29 is 4.79 Å². The number of carbonyl (C=O) groups excluding carboxylic acids is 1. The first kappa shape index (κ1) is 14.4. The summed E-state index contributed by atoms with van der Waals surface area (Å²) in [6.07, 6.45) is 0.760. The molecule has 0 heterocycles. The number of hydrogen-bond donors (Lipinski definition) is 2. The number of rotatable bonds is 5. The Morgan fingerprint density at radius 2 is 1.87 bits per heavy atom. The maximum absolute atomic E-state index is 11.6. The van der Waals surface area contributed by atoms with E-state index >= 15 is 0 Å². The number of carbonyl (C=O) groups is 1. The Hall–Kier alpha value is -0.570. The zero-order valence-electron chi connectivity index (χ0n) is 10.8. The number of amides is 1. The molecular formula is C12H26N2O. The molecule has 3 nitrogen and oxygen atoms in total. The second-order valence-electron chi connectivity index (χ2n) is 5.49. The number of nitrogens with one attached hydrogen (secondary N) is 1. The van der Waals surface area contributed by atoms with Gasteiger partial charge in [-0.2, -0.15) is 0 Å². The zero-order chi connectivity index (χ0) is 12.1. The van der Waals surface area contributed by atoms with Gasteiger partial charge >= 0.3 is 0 Å². The predicted molar refractivity (Wildman–Crippen MR) is 64.5 cm³/mol. The Labute approximate surface area is 93.8 Å². The lowest BCUT2D eigenvalue weighted by Crippen LogP contribution is -2.36. The molecule has 3 N–H and O–H groups in total. The fourth-order valence-electron chi connectivity index (χ4n) is 1.12. The van der Waals surface area contributed by atoms with Crippen LogP contribution in [-0.4, -0.2) is 19.0 Å². The van der Waals surface area contributed by atoms with Gasteiger partial charge in [0.15, 0.2) is 0 Å². The molecule has 1 amide bonds. The van der Waals surface area contributed by atoms with Crippen LogP contribution in [0.4, 0.5) is 0 Å². The largest absolute Gasteiger partial charge is 0.356 e. The van der Waals surface area contributed by atoms with Crippen LogP contribution in [0, 0.1) is 17.3 Å². The highest BCUT2D eigenvalue weighted by Gasteiger charge is 2.21. The molecule has 15 heavy (non-hydrogen) atoms. The Bertz CT molecular complexity index is 196. The Morgan fingerprint density at radius 3 is 2.27 bits per heavy atom. The van der Waals surface area contributed by atoms with Crippen LogP contribution in [0.5, 0.6) is 0 Å². The molecule has 0 aliphatic rings. The third-order valence-corrected chi connectivity index (χ3v) is 3.11. The second kappa shape index (κ2) is 6.11. The molecule has 0 aromatic heterocycles. The van der Waals surface area contributed by atoms with Crippen molar-refractivity contribution in [3.63, 3.8) is 0 Å². The summed E-state index contributed by atoms with van der Waals surface area (Å²) in [5, 5.41) is 2.98. The predicted octanol–water partition coefficient (Wildman–Crippen LogP) is 1.77. The van der Waals surface area contributed by atoms with Crippen molar-refractivity contribution in [2.75, 3.05) is 13.1 Å². The molecule has 2 unspecified atom stereocenters. The van der Waals surface area contributed by atoms with Crippen LogP contribution >= 0.6 is 0 Å². The van der Waals surface area contributed by atoms with Gasteiger partial charge in [0, 0.05) is 12.5 Å². The van der Waals surface area contributed by atoms with E-state index in [0.717, 1.165) is 13.0 Å². The fourth-order valence-corrected chi connectivity index (χ4v) is 1.12. The minimum absolute atomic E-state index is 0.0298. The van der Waals surface area contributed by atoms with Crippen molar-refractivity contribution in [1.82, 2.24) is 5.32 Å². The normalized spacial score (nSPS) is 15.9. The standard InChI is InChI=1S/C12H26N2O/c1-9(6-7-13)11(15)14-8-10(2)12(3,4)5/h9-10H,6-8,13H2,1-5H3,(H,14,15). The minimum atomic E-state index is 0.0298. The molecule has 0 fully saturated rings. The van der Waals surface area contributed by atoms with E-state index in [4.69, 9.17) is 5.73 Å². The van der Waals surface area contributed by atoms with E-state index in [1.807, 2.05) is 6.92 Å². The van der Waals surface area contributed by atoms with Gasteiger partial charge in [0.2, 0.25) is 5.91 Å². The molecule has 0 aliphatic carbocycles. The lowest BCUT2D eigenvalue weighted by Gasteiger charge is -2.27. The van der Waals surface area contributed by atoms with E-state index in [9.17, 15) is 4.79 Å². The lowest BCUT2D eigenvalue weighted by atomic mass is 9.82. The molecule has 2 atom stereocenters. The van der Waals surface area contributed by atoms with E-state index < -0.39 is 0 Å². The van der Waals surface area contributed by atoms with Gasteiger partial charge in [-0.1, -0.05) is 34.6 Å². The van der Waals surface area contributed by atoms with Gasteiger partial charge in [0.1, 0.15) is 0 Å². The van der Waals surface area contributed by atoms with Gasteiger partial charge in [-0.15, -0.1) is 0 Å². The van der Waals surface area contributed by atoms with Crippen molar-refractivity contribution in [3.8, 4) is 0 Å². The SMILES string of the molecule is CC(CCN)C(=O)NCC(C)C(C)(C)C. The maximum atomic E-state index is 11.6. The van der Waals surface area contributed by atoms with Gasteiger partial charge in [-0.3, -0.25) is 4.79 Å². The summed E-state index contributed by atoms with van der Waals surface area (Å²) >= 11 is 0. The molecule has 0 spiro atoms. The smallest absolute Gasteiger partial charge is 0.222 e. The van der Waals surface area contributed by atoms with Crippen LogP contribution in [0.1, 0.15) is 41.0 Å². The van der Waals surface area contributed by atoms with E-state index in [1.165, 1.54) is 0 Å². The highest BCUT2D eigenvalue weighted by Crippen LogP contribution is 2.24. The van der Waals surface area contributed by atoms with Crippen molar-refractivity contribution in [1.29, 1.82) is 0 Å². The number of hydrogen-bond acceptors (Lipinski definition) is 2. The van der Waals surface area contributed by atoms with Crippen LogP contribution in [0.15, 0.2) is 0 Å². The molecule has 0 radical (unpaired) electrons. The molecule has 0 saturated carbocycles. The fraction of sp³-hybridized carbons (Fsp3) is 0.917. The molecule has 0 rings (SSSR count). The first-order valence-electron chi connectivity index (χ1n) is 5.76. The molecule has 0 aromatic rings. The average Bonchev–Trinajstić information content (AvgIpc) is 2.12. The molecule has 0 aromatic carbocycles. The summed E-state index contributed by atoms with van der Waals surface area (Å²) in [6.45, 7) is 12.0. The average molecular weight is 214 g/mol. The quantitative estimate of drug-likeness (QED) is 0.733. The highest BCUT2D eigenvalue weighted by molar-refractivity contribution is 5.78. The molecule has 0 aliphatic heterocycles. The van der Waals surface area contributed by atoms with Crippen molar-refractivity contribution in [2.45, 2.75) is 41.0 Å². The van der Waals surface area contributed by atoms with Crippen LogP contribution in [0.25, 0.3) is 0 Å². The molecule has 0 saturated heterocycles. The van der Waals surface area contributed by atoms with Gasteiger partial charge in [0.25, 0.3) is 0 Å². The highest BCUT2D eigenvalue weighted by atomic mass is 16.1. The molecular weight excluding hydrogens is 188 g/mol. The van der Waals surface area contributed by atoms with Crippen LogP contribution in [0.2, 0.25) is 0 Å². The molecule has 3 heteroatoms. The van der Waals surface area contributed by atoms with Crippen molar-refractivity contribution in [2.24, 2.45) is 23.0 Å². The topological polar surface area (TPSA) is 55.1 Å². The van der Waals surface area contributed by atoms with Crippen LogP contribution in [0.3, 0.4) is 0 Å². The van der Waals surface area contributed by atoms with Gasteiger partial charge in [0.05, 0.1) is 0 Å². The summed E-state index contributed by atoms with van der Waals surface area (Å²) in [4.78, 5) is 11.6. The molecule has 0 bridgehead atoms. The van der Waals surface area contributed by atoms with E-state index in [2.05, 4.69) is 33.0 Å². The van der Waals surface area contributed by atoms with E-state index in [-0.39, 0.29) is 17.2 Å².